The third-order valence-corrected chi connectivity index (χ3v) is 4.07. The summed E-state index contributed by atoms with van der Waals surface area (Å²) in [6, 6.07) is 5.75. The van der Waals surface area contributed by atoms with Crippen LogP contribution in [-0.4, -0.2) is 48.6 Å². The van der Waals surface area contributed by atoms with E-state index in [1.54, 1.807) is 0 Å². The van der Waals surface area contributed by atoms with E-state index in [0.29, 0.717) is 13.2 Å². The zero-order chi connectivity index (χ0) is 14.8. The molecule has 2 atom stereocenters. The molecule has 1 N–H and O–H groups in total. The Bertz CT molecular complexity index is 533. The van der Waals surface area contributed by atoms with E-state index in [9.17, 15) is 9.90 Å². The van der Waals surface area contributed by atoms with Gasteiger partial charge in [0.2, 0.25) is 6.79 Å². The van der Waals surface area contributed by atoms with Crippen molar-refractivity contribution in [3.05, 3.63) is 23.8 Å². The normalized spacial score (nSPS) is 23.7. The molecule has 0 amide bonds. The van der Waals surface area contributed by atoms with Crippen molar-refractivity contribution in [3.63, 3.8) is 0 Å². The lowest BCUT2D eigenvalue weighted by Gasteiger charge is -2.29. The van der Waals surface area contributed by atoms with E-state index >= 15 is 0 Å². The zero-order valence-electron chi connectivity index (χ0n) is 11.9. The molecule has 1 fully saturated rings. The molecule has 0 aliphatic carbocycles. The lowest BCUT2D eigenvalue weighted by Crippen LogP contribution is -2.42. The predicted octanol–water partition coefficient (Wildman–Crippen LogP) is 1.34. The second-order valence-corrected chi connectivity index (χ2v) is 5.30. The van der Waals surface area contributed by atoms with Crippen LogP contribution in [-0.2, 0) is 16.1 Å². The third kappa shape index (κ3) is 2.82. The van der Waals surface area contributed by atoms with E-state index in [2.05, 4.69) is 4.90 Å². The molecule has 6 nitrogen and oxygen atoms in total. The molecule has 2 unspecified atom stereocenters. The fraction of sp³-hybridized carbons (Fsp3) is 0.533. The summed E-state index contributed by atoms with van der Waals surface area (Å²) in [5, 5.41) is 9.28. The molecule has 114 valence electrons. The average Bonchev–Trinajstić information content (AvgIpc) is 3.12. The molecular formula is C15H19NO5. The van der Waals surface area contributed by atoms with Crippen LogP contribution in [0.15, 0.2) is 18.2 Å². The molecule has 6 heteroatoms. The lowest BCUT2D eigenvalue weighted by atomic mass is 10.0. The third-order valence-electron chi connectivity index (χ3n) is 4.07. The number of ether oxygens (including phenoxy) is 3. The summed E-state index contributed by atoms with van der Waals surface area (Å²) in [4.78, 5) is 13.4. The molecule has 0 spiro atoms. The van der Waals surface area contributed by atoms with Gasteiger partial charge in [-0.25, -0.2) is 0 Å². The monoisotopic (exact) mass is 293 g/mol. The number of carbonyl (C=O) groups is 1. The first-order valence-electron chi connectivity index (χ1n) is 7.12. The van der Waals surface area contributed by atoms with E-state index in [1.165, 1.54) is 0 Å². The van der Waals surface area contributed by atoms with E-state index < -0.39 is 11.9 Å². The standard InChI is InChI=1S/C15H19NO5/c1-2-16(12-8-19-7-11(12)15(17)18)6-10-3-4-13-14(5-10)21-9-20-13/h3-5,11-12H,2,6-9H2,1H3,(H,17,18). The fourth-order valence-corrected chi connectivity index (χ4v) is 2.88. The van der Waals surface area contributed by atoms with Gasteiger partial charge < -0.3 is 19.3 Å². The van der Waals surface area contributed by atoms with E-state index in [0.717, 1.165) is 23.6 Å². The maximum Gasteiger partial charge on any atom is 0.310 e. The van der Waals surface area contributed by atoms with Crippen molar-refractivity contribution >= 4 is 5.97 Å². The van der Waals surface area contributed by atoms with Crippen LogP contribution in [0, 0.1) is 5.92 Å². The maximum atomic E-state index is 11.3. The van der Waals surface area contributed by atoms with E-state index in [1.807, 2.05) is 25.1 Å². The SMILES string of the molecule is CCN(Cc1ccc2c(c1)OCO2)C1COCC1C(=O)O. The van der Waals surface area contributed by atoms with Gasteiger partial charge >= 0.3 is 5.97 Å². The maximum absolute atomic E-state index is 11.3. The van der Waals surface area contributed by atoms with Crippen molar-refractivity contribution in [1.82, 2.24) is 4.90 Å². The Balaban J connectivity index is 1.73. The number of carboxylic acids is 1. The predicted molar refractivity (Wildman–Crippen MR) is 74.4 cm³/mol. The van der Waals surface area contributed by atoms with Crippen LogP contribution in [0.1, 0.15) is 12.5 Å². The minimum Gasteiger partial charge on any atom is -0.481 e. The van der Waals surface area contributed by atoms with E-state index in [-0.39, 0.29) is 19.4 Å². The Morgan fingerprint density at radius 3 is 2.90 bits per heavy atom. The number of rotatable bonds is 5. The topological polar surface area (TPSA) is 68.2 Å². The summed E-state index contributed by atoms with van der Waals surface area (Å²) in [7, 11) is 0. The molecule has 3 rings (SSSR count). The number of fused-ring (bicyclic) bond motifs is 1. The number of aliphatic carboxylic acids is 1. The van der Waals surface area contributed by atoms with Crippen LogP contribution in [0.25, 0.3) is 0 Å². The van der Waals surface area contributed by atoms with Crippen LogP contribution < -0.4 is 9.47 Å². The van der Waals surface area contributed by atoms with Crippen molar-refractivity contribution in [2.75, 3.05) is 26.6 Å². The van der Waals surface area contributed by atoms with Crippen molar-refractivity contribution in [2.45, 2.75) is 19.5 Å². The van der Waals surface area contributed by atoms with Crippen molar-refractivity contribution in [3.8, 4) is 11.5 Å². The minimum absolute atomic E-state index is 0.0853. The summed E-state index contributed by atoms with van der Waals surface area (Å²) < 4.78 is 16.0. The molecular weight excluding hydrogens is 274 g/mol. The smallest absolute Gasteiger partial charge is 0.310 e. The highest BCUT2D eigenvalue weighted by molar-refractivity contribution is 5.71. The summed E-state index contributed by atoms with van der Waals surface area (Å²) in [5.41, 5.74) is 1.08. The van der Waals surface area contributed by atoms with Gasteiger partial charge in [0.15, 0.2) is 11.5 Å². The van der Waals surface area contributed by atoms with Crippen LogP contribution >= 0.6 is 0 Å². The number of nitrogens with zero attached hydrogens (tertiary/aromatic N) is 1. The lowest BCUT2D eigenvalue weighted by molar-refractivity contribution is -0.143. The first-order valence-corrected chi connectivity index (χ1v) is 7.12. The highest BCUT2D eigenvalue weighted by Gasteiger charge is 2.37. The van der Waals surface area contributed by atoms with Gasteiger partial charge in [-0.1, -0.05) is 13.0 Å². The quantitative estimate of drug-likeness (QED) is 0.883. The summed E-state index contributed by atoms with van der Waals surface area (Å²) in [6.07, 6.45) is 0. The van der Waals surface area contributed by atoms with Crippen molar-refractivity contribution < 1.29 is 24.1 Å². The molecule has 0 bridgehead atoms. The molecule has 2 heterocycles. The van der Waals surface area contributed by atoms with Gasteiger partial charge in [-0.2, -0.15) is 0 Å². The molecule has 1 aromatic carbocycles. The zero-order valence-corrected chi connectivity index (χ0v) is 11.9. The van der Waals surface area contributed by atoms with Gasteiger partial charge in [-0.3, -0.25) is 9.69 Å². The molecule has 0 saturated carbocycles. The number of benzene rings is 1. The van der Waals surface area contributed by atoms with Gasteiger partial charge in [0.05, 0.1) is 19.1 Å². The summed E-state index contributed by atoms with van der Waals surface area (Å²) in [6.45, 7) is 4.49. The second kappa shape index (κ2) is 5.91. The van der Waals surface area contributed by atoms with E-state index in [4.69, 9.17) is 14.2 Å². The molecule has 2 aliphatic heterocycles. The van der Waals surface area contributed by atoms with Crippen LogP contribution in [0.3, 0.4) is 0 Å². The Hall–Kier alpha value is -1.79. The van der Waals surface area contributed by atoms with Crippen molar-refractivity contribution in [2.24, 2.45) is 5.92 Å². The van der Waals surface area contributed by atoms with Crippen LogP contribution in [0.4, 0.5) is 0 Å². The van der Waals surface area contributed by atoms with Gasteiger partial charge in [-0.15, -0.1) is 0 Å². The summed E-state index contributed by atoms with van der Waals surface area (Å²) in [5.74, 6) is 0.260. The molecule has 2 aliphatic rings. The van der Waals surface area contributed by atoms with Crippen LogP contribution in [0.2, 0.25) is 0 Å². The fourth-order valence-electron chi connectivity index (χ4n) is 2.88. The number of hydrogen-bond acceptors (Lipinski definition) is 5. The highest BCUT2D eigenvalue weighted by Crippen LogP contribution is 2.33. The largest absolute Gasteiger partial charge is 0.481 e. The Morgan fingerprint density at radius 2 is 2.14 bits per heavy atom. The second-order valence-electron chi connectivity index (χ2n) is 5.30. The average molecular weight is 293 g/mol. The van der Waals surface area contributed by atoms with Gasteiger partial charge in [-0.05, 0) is 24.2 Å². The van der Waals surface area contributed by atoms with Gasteiger partial charge in [0, 0.05) is 12.6 Å². The van der Waals surface area contributed by atoms with Crippen LogP contribution in [0.5, 0.6) is 11.5 Å². The first kappa shape index (κ1) is 14.2. The number of hydrogen-bond donors (Lipinski definition) is 1. The summed E-state index contributed by atoms with van der Waals surface area (Å²) >= 11 is 0. The Labute approximate surface area is 123 Å². The molecule has 0 radical (unpaired) electrons. The molecule has 1 aromatic rings. The molecule has 21 heavy (non-hydrogen) atoms. The number of carboxylic acid groups (broad SMARTS) is 1. The Morgan fingerprint density at radius 1 is 1.33 bits per heavy atom. The highest BCUT2D eigenvalue weighted by atomic mass is 16.7. The number of likely N-dealkylation sites (N-methyl/N-ethyl adjacent to an activating group) is 1. The first-order chi connectivity index (χ1) is 10.2. The molecule has 1 saturated heterocycles. The van der Waals surface area contributed by atoms with Gasteiger partial charge in [0.1, 0.15) is 0 Å². The Kier molecular flexibility index (Phi) is 3.98. The van der Waals surface area contributed by atoms with Crippen molar-refractivity contribution in [1.29, 1.82) is 0 Å². The molecule has 0 aromatic heterocycles. The minimum atomic E-state index is -0.790. The van der Waals surface area contributed by atoms with Gasteiger partial charge in [0.25, 0.3) is 0 Å².